The van der Waals surface area contributed by atoms with Crippen LogP contribution in [0, 0.1) is 0 Å². The van der Waals surface area contributed by atoms with E-state index >= 15 is 0 Å². The summed E-state index contributed by atoms with van der Waals surface area (Å²) < 4.78 is 15.6. The number of aromatic nitrogens is 2. The molecule has 4 heterocycles. The molecule has 0 N–H and O–H groups in total. The molecule has 0 atom stereocenters. The molecule has 57 heavy (non-hydrogen) atoms. The van der Waals surface area contributed by atoms with Gasteiger partial charge in [-0.2, -0.15) is 0 Å². The van der Waals surface area contributed by atoms with Gasteiger partial charge >= 0.3 is 0 Å². The molecule has 4 nitrogen and oxygen atoms in total. The molecule has 0 aliphatic heterocycles. The summed E-state index contributed by atoms with van der Waals surface area (Å²) >= 11 is 0. The van der Waals surface area contributed by atoms with Gasteiger partial charge in [0.1, 0.15) is 22.3 Å². The van der Waals surface area contributed by atoms with Gasteiger partial charge in [-0.05, 0) is 65.7 Å². The molecule has 0 aliphatic carbocycles. The van der Waals surface area contributed by atoms with E-state index in [0.717, 1.165) is 99.8 Å². The Morgan fingerprint density at radius 3 is 1.89 bits per heavy atom. The van der Waals surface area contributed by atoms with Gasteiger partial charge in [0.05, 0.1) is 22.4 Å². The zero-order valence-electron chi connectivity index (χ0n) is 30.7. The lowest BCUT2D eigenvalue weighted by molar-refractivity contribution is 0.669. The van der Waals surface area contributed by atoms with Crippen molar-refractivity contribution in [1.29, 1.82) is 0 Å². The molecule has 0 bridgehead atoms. The van der Waals surface area contributed by atoms with Crippen LogP contribution in [-0.4, -0.2) is 9.55 Å². The quantitative estimate of drug-likeness (QED) is 0.177. The molecule has 0 saturated heterocycles. The topological polar surface area (TPSA) is 44.1 Å². The van der Waals surface area contributed by atoms with E-state index in [9.17, 15) is 0 Å². The van der Waals surface area contributed by atoms with Gasteiger partial charge in [-0.15, -0.1) is 0 Å². The smallest absolute Gasteiger partial charge is 0.143 e. The molecule has 266 valence electrons. The first-order valence-corrected chi connectivity index (χ1v) is 19.3. The maximum atomic E-state index is 6.93. The van der Waals surface area contributed by atoms with Crippen LogP contribution in [-0.2, 0) is 0 Å². The maximum absolute atomic E-state index is 6.93. The van der Waals surface area contributed by atoms with Crippen molar-refractivity contribution in [2.75, 3.05) is 0 Å². The van der Waals surface area contributed by atoms with Gasteiger partial charge in [0.2, 0.25) is 0 Å². The van der Waals surface area contributed by atoms with E-state index in [1.165, 1.54) is 16.3 Å². The van der Waals surface area contributed by atoms with Crippen molar-refractivity contribution in [3.05, 3.63) is 194 Å². The number of rotatable bonds is 5. The maximum Gasteiger partial charge on any atom is 0.143 e. The zero-order chi connectivity index (χ0) is 37.5. The van der Waals surface area contributed by atoms with Crippen LogP contribution in [0.3, 0.4) is 0 Å². The van der Waals surface area contributed by atoms with Crippen LogP contribution in [0.25, 0.3) is 116 Å². The summed E-state index contributed by atoms with van der Waals surface area (Å²) in [4.78, 5) is 5.36. The Bertz CT molecular complexity index is 3520. The first-order chi connectivity index (χ1) is 28.3. The Balaban J connectivity index is 1.09. The van der Waals surface area contributed by atoms with E-state index in [1.54, 1.807) is 0 Å². The SMILES string of the molecule is c1ccc(-c2cc(-c3ccc4c(c3)oc3ccccc34)cc(-c3cccc4oc5c(-c6cccc7c8ccccc8n(-c8ccccc8)c67)cccc5c34)n2)cc1. The highest BCUT2D eigenvalue weighted by molar-refractivity contribution is 6.19. The number of hydrogen-bond donors (Lipinski definition) is 0. The second kappa shape index (κ2) is 12.4. The first kappa shape index (κ1) is 31.6. The molecule has 8 aromatic carbocycles. The van der Waals surface area contributed by atoms with Crippen LogP contribution < -0.4 is 0 Å². The molecule has 12 aromatic rings. The van der Waals surface area contributed by atoms with E-state index in [-0.39, 0.29) is 0 Å². The van der Waals surface area contributed by atoms with Crippen LogP contribution in [0.2, 0.25) is 0 Å². The van der Waals surface area contributed by atoms with E-state index in [0.29, 0.717) is 0 Å². The van der Waals surface area contributed by atoms with E-state index < -0.39 is 0 Å². The standard InChI is InChI=1S/C53H32N2O2/c1-3-14-33(15-4-1)45-30-35(34-28-29-39-38-19-8-10-26-48(38)56-50(39)32-34)31-46(54-45)43-23-13-27-49-51(43)44-24-12-22-42(53(44)57-49)41-21-11-20-40-37-18-7-9-25-47(37)55(52(40)41)36-16-5-2-6-17-36/h1-32H. The van der Waals surface area contributed by atoms with Crippen molar-refractivity contribution in [3.63, 3.8) is 0 Å². The second-order valence-electron chi connectivity index (χ2n) is 14.7. The van der Waals surface area contributed by atoms with Gasteiger partial charge in [0, 0.05) is 60.3 Å². The van der Waals surface area contributed by atoms with Crippen LogP contribution in [0.15, 0.2) is 203 Å². The fourth-order valence-corrected chi connectivity index (χ4v) is 8.85. The van der Waals surface area contributed by atoms with Gasteiger partial charge in [-0.1, -0.05) is 140 Å². The molecule has 0 spiro atoms. The molecular weight excluding hydrogens is 697 g/mol. The summed E-state index contributed by atoms with van der Waals surface area (Å²) in [6, 6.07) is 68.2. The number of pyridine rings is 1. The first-order valence-electron chi connectivity index (χ1n) is 19.3. The lowest BCUT2D eigenvalue weighted by Crippen LogP contribution is -1.95. The normalized spacial score (nSPS) is 11.9. The van der Waals surface area contributed by atoms with Crippen molar-refractivity contribution in [3.8, 4) is 50.5 Å². The molecule has 4 heteroatoms. The number of benzene rings is 8. The Morgan fingerprint density at radius 1 is 0.368 bits per heavy atom. The average Bonchev–Trinajstić information content (AvgIpc) is 3.96. The van der Waals surface area contributed by atoms with Crippen molar-refractivity contribution < 1.29 is 8.83 Å². The molecular formula is C53H32N2O2. The molecule has 0 radical (unpaired) electrons. The Morgan fingerprint density at radius 2 is 1.02 bits per heavy atom. The summed E-state index contributed by atoms with van der Waals surface area (Å²) in [5.74, 6) is 0. The monoisotopic (exact) mass is 728 g/mol. The van der Waals surface area contributed by atoms with Crippen molar-refractivity contribution in [2.45, 2.75) is 0 Å². The van der Waals surface area contributed by atoms with E-state index in [2.05, 4.69) is 180 Å². The number of nitrogens with zero attached hydrogens (tertiary/aromatic N) is 2. The Kier molecular flexibility index (Phi) is 6.89. The third-order valence-electron chi connectivity index (χ3n) is 11.4. The minimum absolute atomic E-state index is 0.822. The number of furan rings is 2. The molecule has 0 saturated carbocycles. The predicted octanol–water partition coefficient (Wildman–Crippen LogP) is 14.6. The molecule has 12 rings (SSSR count). The largest absolute Gasteiger partial charge is 0.456 e. The fourth-order valence-electron chi connectivity index (χ4n) is 8.85. The minimum atomic E-state index is 0.822. The van der Waals surface area contributed by atoms with Gasteiger partial charge in [-0.3, -0.25) is 0 Å². The number of hydrogen-bond acceptors (Lipinski definition) is 3. The number of fused-ring (bicyclic) bond motifs is 9. The highest BCUT2D eigenvalue weighted by Gasteiger charge is 2.22. The zero-order valence-corrected chi connectivity index (χ0v) is 30.7. The Labute approximate surface area is 327 Å². The molecule has 0 fully saturated rings. The third kappa shape index (κ3) is 4.91. The lowest BCUT2D eigenvalue weighted by Gasteiger charge is -2.12. The summed E-state index contributed by atoms with van der Waals surface area (Å²) in [6.07, 6.45) is 0. The molecule has 0 amide bonds. The lowest BCUT2D eigenvalue weighted by atomic mass is 9.96. The molecule has 0 aliphatic rings. The molecule has 0 unspecified atom stereocenters. The van der Waals surface area contributed by atoms with Crippen LogP contribution in [0.1, 0.15) is 0 Å². The van der Waals surface area contributed by atoms with Gasteiger partial charge in [0.25, 0.3) is 0 Å². The van der Waals surface area contributed by atoms with Crippen LogP contribution in [0.5, 0.6) is 0 Å². The fraction of sp³-hybridized carbons (Fsp3) is 0. The molecule has 4 aromatic heterocycles. The van der Waals surface area contributed by atoms with Gasteiger partial charge in [0.15, 0.2) is 0 Å². The summed E-state index contributed by atoms with van der Waals surface area (Å²) in [5.41, 5.74) is 15.0. The predicted molar refractivity (Wildman–Crippen MR) is 235 cm³/mol. The summed E-state index contributed by atoms with van der Waals surface area (Å²) in [6.45, 7) is 0. The second-order valence-corrected chi connectivity index (χ2v) is 14.7. The van der Waals surface area contributed by atoms with Crippen molar-refractivity contribution in [1.82, 2.24) is 9.55 Å². The van der Waals surface area contributed by atoms with Crippen LogP contribution in [0.4, 0.5) is 0 Å². The highest BCUT2D eigenvalue weighted by atomic mass is 16.3. The van der Waals surface area contributed by atoms with Crippen molar-refractivity contribution >= 4 is 65.7 Å². The summed E-state index contributed by atoms with van der Waals surface area (Å²) in [5, 5.41) is 6.75. The van der Waals surface area contributed by atoms with Gasteiger partial charge in [-0.25, -0.2) is 4.98 Å². The average molecular weight is 729 g/mol. The summed E-state index contributed by atoms with van der Waals surface area (Å²) in [7, 11) is 0. The Hall–Kier alpha value is -7.69. The third-order valence-corrected chi connectivity index (χ3v) is 11.4. The number of para-hydroxylation sites is 5. The van der Waals surface area contributed by atoms with E-state index in [1.807, 2.05) is 18.2 Å². The van der Waals surface area contributed by atoms with E-state index in [4.69, 9.17) is 13.8 Å². The highest BCUT2D eigenvalue weighted by Crippen LogP contribution is 2.45. The van der Waals surface area contributed by atoms with Crippen LogP contribution >= 0.6 is 0 Å². The minimum Gasteiger partial charge on any atom is -0.456 e. The van der Waals surface area contributed by atoms with Crippen molar-refractivity contribution in [2.24, 2.45) is 0 Å². The van der Waals surface area contributed by atoms with Gasteiger partial charge < -0.3 is 13.4 Å².